The van der Waals surface area contributed by atoms with Gasteiger partial charge in [-0.2, -0.15) is 0 Å². The fourth-order valence-corrected chi connectivity index (χ4v) is 2.16. The van der Waals surface area contributed by atoms with E-state index in [1.807, 2.05) is 0 Å². The maximum atomic E-state index is 12.7. The second-order valence-electron chi connectivity index (χ2n) is 4.67. The smallest absolute Gasteiger partial charge is 0.261 e. The highest BCUT2D eigenvalue weighted by Crippen LogP contribution is 2.16. The van der Waals surface area contributed by atoms with Crippen molar-refractivity contribution < 1.29 is 4.74 Å². The molecule has 0 saturated heterocycles. The second kappa shape index (κ2) is 6.86. The standard InChI is InChI=1S/C15H19N5O2/c1-18-9-10(8-16)14-19-13-4-3-11(17)7-12(13)15(21)20(14)5-6-22-2/h3-4,7-9H,5-6,16-17H2,1-2H3/b10-8+,18-9?. The number of hydrogen-bond acceptors (Lipinski definition) is 6. The molecule has 0 aliphatic rings. The summed E-state index contributed by atoms with van der Waals surface area (Å²) >= 11 is 0. The van der Waals surface area contributed by atoms with E-state index >= 15 is 0 Å². The minimum Gasteiger partial charge on any atom is -0.404 e. The zero-order valence-corrected chi connectivity index (χ0v) is 12.6. The lowest BCUT2D eigenvalue weighted by Crippen LogP contribution is -2.27. The fourth-order valence-electron chi connectivity index (χ4n) is 2.16. The van der Waals surface area contributed by atoms with Crippen LogP contribution in [-0.4, -0.2) is 36.5 Å². The molecule has 0 unspecified atom stereocenters. The van der Waals surface area contributed by atoms with Gasteiger partial charge in [-0.05, 0) is 18.2 Å². The molecule has 1 aromatic heterocycles. The first-order chi connectivity index (χ1) is 10.6. The van der Waals surface area contributed by atoms with Crippen LogP contribution in [0.15, 0.2) is 34.2 Å². The van der Waals surface area contributed by atoms with Crippen LogP contribution in [0.3, 0.4) is 0 Å². The number of methoxy groups -OCH3 is 1. The van der Waals surface area contributed by atoms with Crippen molar-refractivity contribution in [1.82, 2.24) is 9.55 Å². The van der Waals surface area contributed by atoms with Crippen LogP contribution in [-0.2, 0) is 11.3 Å². The van der Waals surface area contributed by atoms with Gasteiger partial charge in [-0.15, -0.1) is 0 Å². The molecule has 0 bridgehead atoms. The number of anilines is 1. The molecule has 2 rings (SSSR count). The SMILES string of the molecule is CN=C/C(=C\N)c1nc2ccc(N)cc2c(=O)n1CCOC. The molecular formula is C15H19N5O2. The van der Waals surface area contributed by atoms with Gasteiger partial charge >= 0.3 is 0 Å². The number of aliphatic imine (C=N–C) groups is 1. The van der Waals surface area contributed by atoms with Crippen molar-refractivity contribution in [1.29, 1.82) is 0 Å². The quantitative estimate of drug-likeness (QED) is 0.622. The summed E-state index contributed by atoms with van der Waals surface area (Å²) in [5.41, 5.74) is 12.9. The lowest BCUT2D eigenvalue weighted by Gasteiger charge is -2.13. The summed E-state index contributed by atoms with van der Waals surface area (Å²) in [6.07, 6.45) is 2.94. The fraction of sp³-hybridized carbons (Fsp3) is 0.267. The molecule has 2 aromatic rings. The average Bonchev–Trinajstić information content (AvgIpc) is 2.52. The van der Waals surface area contributed by atoms with Crippen LogP contribution in [0.25, 0.3) is 16.5 Å². The van der Waals surface area contributed by atoms with Gasteiger partial charge in [0.2, 0.25) is 0 Å². The van der Waals surface area contributed by atoms with E-state index in [1.54, 1.807) is 38.6 Å². The summed E-state index contributed by atoms with van der Waals surface area (Å²) in [7, 11) is 3.20. The van der Waals surface area contributed by atoms with Gasteiger partial charge in [0, 0.05) is 32.3 Å². The molecule has 22 heavy (non-hydrogen) atoms. The molecule has 7 nitrogen and oxygen atoms in total. The predicted octanol–water partition coefficient (Wildman–Crippen LogP) is 0.625. The number of nitrogens with two attached hydrogens (primary N) is 2. The number of benzene rings is 1. The Hall–Kier alpha value is -2.67. The third kappa shape index (κ3) is 2.99. The van der Waals surface area contributed by atoms with Gasteiger partial charge in [0.1, 0.15) is 5.82 Å². The average molecular weight is 301 g/mol. The number of nitrogens with zero attached hydrogens (tertiary/aromatic N) is 3. The Bertz CT molecular complexity index is 792. The van der Waals surface area contributed by atoms with Gasteiger partial charge < -0.3 is 16.2 Å². The minimum atomic E-state index is -0.187. The third-order valence-electron chi connectivity index (χ3n) is 3.20. The zero-order chi connectivity index (χ0) is 16.1. The molecule has 7 heteroatoms. The highest BCUT2D eigenvalue weighted by Gasteiger charge is 2.13. The van der Waals surface area contributed by atoms with Crippen molar-refractivity contribution >= 4 is 28.4 Å². The van der Waals surface area contributed by atoms with Crippen LogP contribution < -0.4 is 17.0 Å². The van der Waals surface area contributed by atoms with Crippen LogP contribution in [0, 0.1) is 0 Å². The number of aromatic nitrogens is 2. The predicted molar refractivity (Wildman–Crippen MR) is 88.9 cm³/mol. The van der Waals surface area contributed by atoms with E-state index in [0.717, 1.165) is 0 Å². The summed E-state index contributed by atoms with van der Waals surface area (Å²) in [6, 6.07) is 5.04. The highest BCUT2D eigenvalue weighted by molar-refractivity contribution is 6.08. The summed E-state index contributed by atoms with van der Waals surface area (Å²) in [4.78, 5) is 21.2. The molecule has 0 fully saturated rings. The van der Waals surface area contributed by atoms with Crippen molar-refractivity contribution in [2.24, 2.45) is 10.7 Å². The highest BCUT2D eigenvalue weighted by atomic mass is 16.5. The number of allylic oxidation sites excluding steroid dienone is 1. The maximum absolute atomic E-state index is 12.7. The summed E-state index contributed by atoms with van der Waals surface area (Å²) in [6.45, 7) is 0.737. The van der Waals surface area contributed by atoms with E-state index in [1.165, 1.54) is 10.8 Å². The molecule has 1 aromatic carbocycles. The number of ether oxygens (including phenoxy) is 1. The number of nitrogen functional groups attached to an aromatic ring is 1. The van der Waals surface area contributed by atoms with Crippen molar-refractivity contribution in [2.45, 2.75) is 6.54 Å². The Balaban J connectivity index is 2.77. The first-order valence-electron chi connectivity index (χ1n) is 6.75. The van der Waals surface area contributed by atoms with Crippen LogP contribution in [0.4, 0.5) is 5.69 Å². The number of rotatable bonds is 5. The second-order valence-corrected chi connectivity index (χ2v) is 4.67. The Labute approximate surface area is 127 Å². The van der Waals surface area contributed by atoms with Crippen LogP contribution >= 0.6 is 0 Å². The Kier molecular flexibility index (Phi) is 4.90. The van der Waals surface area contributed by atoms with E-state index in [4.69, 9.17) is 16.2 Å². The monoisotopic (exact) mass is 301 g/mol. The van der Waals surface area contributed by atoms with Gasteiger partial charge in [-0.25, -0.2) is 4.98 Å². The van der Waals surface area contributed by atoms with Crippen molar-refractivity contribution in [3.8, 4) is 0 Å². The molecule has 1 heterocycles. The molecular weight excluding hydrogens is 282 g/mol. The normalized spacial score (nSPS) is 12.4. The zero-order valence-electron chi connectivity index (χ0n) is 12.6. The summed E-state index contributed by atoms with van der Waals surface area (Å²) < 4.78 is 6.59. The molecule has 0 aliphatic carbocycles. The lowest BCUT2D eigenvalue weighted by molar-refractivity contribution is 0.186. The van der Waals surface area contributed by atoms with Gasteiger partial charge in [0.05, 0.1) is 29.6 Å². The van der Waals surface area contributed by atoms with E-state index in [-0.39, 0.29) is 5.56 Å². The van der Waals surface area contributed by atoms with Gasteiger partial charge in [-0.3, -0.25) is 14.4 Å². The molecule has 116 valence electrons. The molecule has 0 amide bonds. The summed E-state index contributed by atoms with van der Waals surface area (Å²) in [5.74, 6) is 0.451. The molecule has 4 N–H and O–H groups in total. The first-order valence-corrected chi connectivity index (χ1v) is 6.75. The lowest BCUT2D eigenvalue weighted by atomic mass is 10.2. The van der Waals surface area contributed by atoms with Gasteiger partial charge in [0.15, 0.2) is 0 Å². The van der Waals surface area contributed by atoms with E-state index in [9.17, 15) is 4.79 Å². The molecule has 0 aliphatic heterocycles. The van der Waals surface area contributed by atoms with Crippen LogP contribution in [0.5, 0.6) is 0 Å². The minimum absolute atomic E-state index is 0.187. The van der Waals surface area contributed by atoms with E-state index in [2.05, 4.69) is 9.98 Å². The van der Waals surface area contributed by atoms with Gasteiger partial charge in [-0.1, -0.05) is 0 Å². The van der Waals surface area contributed by atoms with Crippen molar-refractivity contribution in [2.75, 3.05) is 26.5 Å². The Morgan fingerprint density at radius 2 is 2.27 bits per heavy atom. The summed E-state index contributed by atoms with van der Waals surface area (Å²) in [5, 5.41) is 0.463. The molecule has 0 spiro atoms. The largest absolute Gasteiger partial charge is 0.404 e. The van der Waals surface area contributed by atoms with E-state index in [0.29, 0.717) is 41.1 Å². The Morgan fingerprint density at radius 1 is 1.50 bits per heavy atom. The number of fused-ring (bicyclic) bond motifs is 1. The Morgan fingerprint density at radius 3 is 2.91 bits per heavy atom. The van der Waals surface area contributed by atoms with Gasteiger partial charge in [0.25, 0.3) is 5.56 Å². The van der Waals surface area contributed by atoms with E-state index < -0.39 is 0 Å². The van der Waals surface area contributed by atoms with Crippen LogP contribution in [0.1, 0.15) is 5.82 Å². The van der Waals surface area contributed by atoms with Crippen LogP contribution in [0.2, 0.25) is 0 Å². The first kappa shape index (κ1) is 15.7. The topological polar surface area (TPSA) is 109 Å². The van der Waals surface area contributed by atoms with Crippen molar-refractivity contribution in [3.63, 3.8) is 0 Å². The molecule has 0 atom stereocenters. The third-order valence-corrected chi connectivity index (χ3v) is 3.20. The van der Waals surface area contributed by atoms with Crippen molar-refractivity contribution in [3.05, 3.63) is 40.6 Å². The number of hydrogen-bond donors (Lipinski definition) is 2. The molecule has 0 radical (unpaired) electrons. The maximum Gasteiger partial charge on any atom is 0.261 e. The molecule has 0 saturated carbocycles.